The van der Waals surface area contributed by atoms with Crippen molar-refractivity contribution < 1.29 is 28.2 Å². The van der Waals surface area contributed by atoms with Crippen LogP contribution in [0.25, 0.3) is 0 Å². The number of aliphatic hydroxyl groups excluding tert-OH is 1. The number of amides is 2. The molecule has 10 heteroatoms. The maximum absolute atomic E-state index is 13.7. The molecule has 2 fully saturated rings. The summed E-state index contributed by atoms with van der Waals surface area (Å²) in [5.41, 5.74) is 0.719. The van der Waals surface area contributed by atoms with Crippen molar-refractivity contribution in [3.8, 4) is 0 Å². The highest BCUT2D eigenvalue weighted by atomic mass is 19.1. The average Bonchev–Trinajstić information content (AvgIpc) is 3.23. The molecule has 2 aliphatic heterocycles. The summed E-state index contributed by atoms with van der Waals surface area (Å²) < 4.78 is 39.5. The van der Waals surface area contributed by atoms with Crippen LogP contribution >= 0.6 is 0 Å². The molecular formula is C17H18F2N4O4. The third-order valence-corrected chi connectivity index (χ3v) is 4.64. The summed E-state index contributed by atoms with van der Waals surface area (Å²) in [6.45, 7) is 2.05. The third kappa shape index (κ3) is 3.38. The van der Waals surface area contributed by atoms with Crippen molar-refractivity contribution in [1.82, 2.24) is 15.1 Å². The van der Waals surface area contributed by atoms with Gasteiger partial charge in [-0.15, -0.1) is 0 Å². The second kappa shape index (κ2) is 6.87. The summed E-state index contributed by atoms with van der Waals surface area (Å²) in [6.07, 6.45) is 1.10. The zero-order chi connectivity index (χ0) is 19.1. The lowest BCUT2D eigenvalue weighted by Crippen LogP contribution is -2.59. The number of anilines is 1. The van der Waals surface area contributed by atoms with E-state index in [0.29, 0.717) is 6.07 Å². The number of halogens is 2. The SMILES string of the molecule is Cc1cnn([C@H]2[C@@H]3OC[C@@H](O3)[C@@H](NC(=O)Nc3ccc(F)cc3F)[C@@H]2O)c1. The molecule has 4 rings (SSSR count). The van der Waals surface area contributed by atoms with E-state index in [2.05, 4.69) is 15.7 Å². The Morgan fingerprint density at radius 1 is 1.41 bits per heavy atom. The van der Waals surface area contributed by atoms with Crippen molar-refractivity contribution in [1.29, 1.82) is 0 Å². The Balaban J connectivity index is 1.49. The zero-order valence-electron chi connectivity index (χ0n) is 14.3. The molecule has 2 amide bonds. The van der Waals surface area contributed by atoms with Gasteiger partial charge >= 0.3 is 6.03 Å². The minimum absolute atomic E-state index is 0.181. The predicted octanol–water partition coefficient (Wildman–Crippen LogP) is 1.32. The van der Waals surface area contributed by atoms with Gasteiger partial charge < -0.3 is 25.2 Å². The monoisotopic (exact) mass is 380 g/mol. The number of aryl methyl sites for hydroxylation is 1. The van der Waals surface area contributed by atoms with E-state index in [1.807, 2.05) is 6.92 Å². The Morgan fingerprint density at radius 2 is 2.22 bits per heavy atom. The van der Waals surface area contributed by atoms with Crippen LogP contribution in [0.15, 0.2) is 30.6 Å². The number of carbonyl (C=O) groups is 1. The van der Waals surface area contributed by atoms with Gasteiger partial charge in [0.25, 0.3) is 0 Å². The Labute approximate surface area is 153 Å². The number of aliphatic hydroxyl groups is 1. The quantitative estimate of drug-likeness (QED) is 0.746. The van der Waals surface area contributed by atoms with Crippen LogP contribution in [0.2, 0.25) is 0 Å². The van der Waals surface area contributed by atoms with Gasteiger partial charge in [-0.1, -0.05) is 0 Å². The first-order chi connectivity index (χ1) is 12.9. The molecular weight excluding hydrogens is 362 g/mol. The van der Waals surface area contributed by atoms with Gasteiger partial charge in [0, 0.05) is 12.3 Å². The molecule has 1 aromatic carbocycles. The number of fused-ring (bicyclic) bond motifs is 2. The van der Waals surface area contributed by atoms with Gasteiger partial charge in [-0.2, -0.15) is 5.10 Å². The minimum Gasteiger partial charge on any atom is -0.388 e. The summed E-state index contributed by atoms with van der Waals surface area (Å²) in [5, 5.41) is 19.9. The lowest BCUT2D eigenvalue weighted by atomic mass is 9.96. The summed E-state index contributed by atoms with van der Waals surface area (Å²) in [5.74, 6) is -1.65. The minimum atomic E-state index is -1.04. The van der Waals surface area contributed by atoms with Crippen LogP contribution in [-0.4, -0.2) is 52.1 Å². The van der Waals surface area contributed by atoms with Crippen molar-refractivity contribution in [2.45, 2.75) is 37.5 Å². The molecule has 2 aromatic rings. The van der Waals surface area contributed by atoms with Gasteiger partial charge in [-0.25, -0.2) is 13.6 Å². The smallest absolute Gasteiger partial charge is 0.319 e. The van der Waals surface area contributed by atoms with Crippen molar-refractivity contribution in [2.24, 2.45) is 0 Å². The zero-order valence-corrected chi connectivity index (χ0v) is 14.3. The lowest BCUT2D eigenvalue weighted by molar-refractivity contribution is -0.166. The van der Waals surface area contributed by atoms with Gasteiger partial charge in [0.2, 0.25) is 0 Å². The summed E-state index contributed by atoms with van der Waals surface area (Å²) in [4.78, 5) is 12.3. The molecule has 0 spiro atoms. The van der Waals surface area contributed by atoms with Crippen LogP contribution in [0.5, 0.6) is 0 Å². The number of hydrogen-bond acceptors (Lipinski definition) is 5. The number of nitrogens with one attached hydrogen (secondary N) is 2. The first kappa shape index (κ1) is 17.8. The number of rotatable bonds is 3. The highest BCUT2D eigenvalue weighted by Gasteiger charge is 2.51. The standard InChI is InChI=1S/C17H18F2N4O4/c1-8-5-20-23(6-8)14-15(24)13(12-7-26-16(14)27-12)22-17(25)21-11-3-2-9(18)4-10(11)19/h2-6,12-16,24H,7H2,1H3,(H2,21,22,25)/t12-,13-,14-,15+,16-/m1/s1. The molecule has 0 saturated carbocycles. The number of benzene rings is 1. The van der Waals surface area contributed by atoms with Crippen LogP contribution in [0.4, 0.5) is 19.3 Å². The van der Waals surface area contributed by atoms with Crippen LogP contribution in [0.3, 0.4) is 0 Å². The summed E-state index contributed by atoms with van der Waals surface area (Å²) in [6, 6.07) is 0.603. The molecule has 3 heterocycles. The third-order valence-electron chi connectivity index (χ3n) is 4.64. The molecule has 8 nitrogen and oxygen atoms in total. The van der Waals surface area contributed by atoms with Crippen LogP contribution < -0.4 is 10.6 Å². The van der Waals surface area contributed by atoms with Crippen molar-refractivity contribution in [3.05, 3.63) is 47.8 Å². The van der Waals surface area contributed by atoms with Crippen LogP contribution in [0, 0.1) is 18.6 Å². The number of carbonyl (C=O) groups excluding carboxylic acids is 1. The molecule has 1 aromatic heterocycles. The van der Waals surface area contributed by atoms with E-state index in [4.69, 9.17) is 9.47 Å². The van der Waals surface area contributed by atoms with Crippen LogP contribution in [-0.2, 0) is 9.47 Å². The Kier molecular flexibility index (Phi) is 4.54. The van der Waals surface area contributed by atoms with E-state index in [-0.39, 0.29) is 12.3 Å². The highest BCUT2D eigenvalue weighted by molar-refractivity contribution is 5.89. The molecule has 2 aliphatic rings. The van der Waals surface area contributed by atoms with E-state index < -0.39 is 48.2 Å². The van der Waals surface area contributed by atoms with Crippen molar-refractivity contribution >= 4 is 11.7 Å². The van der Waals surface area contributed by atoms with E-state index >= 15 is 0 Å². The van der Waals surface area contributed by atoms with Gasteiger partial charge in [-0.05, 0) is 24.6 Å². The summed E-state index contributed by atoms with van der Waals surface area (Å²) >= 11 is 0. The Hall–Kier alpha value is -2.56. The molecule has 5 atom stereocenters. The normalized spacial score (nSPS) is 29.6. The highest BCUT2D eigenvalue weighted by Crippen LogP contribution is 2.35. The molecule has 0 unspecified atom stereocenters. The number of hydrogen-bond donors (Lipinski definition) is 3. The first-order valence-electron chi connectivity index (χ1n) is 8.41. The molecule has 2 saturated heterocycles. The van der Waals surface area contributed by atoms with Crippen molar-refractivity contribution in [2.75, 3.05) is 11.9 Å². The average molecular weight is 380 g/mol. The molecule has 0 radical (unpaired) electrons. The topological polar surface area (TPSA) is 97.6 Å². The van der Waals surface area contributed by atoms with Gasteiger partial charge in [0.05, 0.1) is 24.5 Å². The van der Waals surface area contributed by atoms with E-state index in [1.54, 1.807) is 17.1 Å². The van der Waals surface area contributed by atoms with Crippen LogP contribution in [0.1, 0.15) is 11.6 Å². The number of nitrogens with zero attached hydrogens (tertiary/aromatic N) is 2. The lowest BCUT2D eigenvalue weighted by Gasteiger charge is -2.38. The first-order valence-corrected chi connectivity index (χ1v) is 8.41. The Morgan fingerprint density at radius 3 is 2.93 bits per heavy atom. The molecule has 27 heavy (non-hydrogen) atoms. The fourth-order valence-corrected chi connectivity index (χ4v) is 3.36. The number of urea groups is 1. The Bertz CT molecular complexity index is 861. The predicted molar refractivity (Wildman–Crippen MR) is 88.9 cm³/mol. The second-order valence-electron chi connectivity index (χ2n) is 6.60. The number of aromatic nitrogens is 2. The largest absolute Gasteiger partial charge is 0.388 e. The van der Waals surface area contributed by atoms with E-state index in [0.717, 1.165) is 17.7 Å². The van der Waals surface area contributed by atoms with Crippen molar-refractivity contribution in [3.63, 3.8) is 0 Å². The fraction of sp³-hybridized carbons (Fsp3) is 0.412. The second-order valence-corrected chi connectivity index (χ2v) is 6.60. The van der Waals surface area contributed by atoms with E-state index in [9.17, 15) is 18.7 Å². The maximum Gasteiger partial charge on any atom is 0.319 e. The number of ether oxygens (including phenoxy) is 2. The summed E-state index contributed by atoms with van der Waals surface area (Å²) in [7, 11) is 0. The van der Waals surface area contributed by atoms with Gasteiger partial charge in [0.1, 0.15) is 29.9 Å². The molecule has 3 N–H and O–H groups in total. The van der Waals surface area contributed by atoms with Gasteiger partial charge in [-0.3, -0.25) is 4.68 Å². The molecule has 2 bridgehead atoms. The van der Waals surface area contributed by atoms with E-state index in [1.165, 1.54) is 0 Å². The fourth-order valence-electron chi connectivity index (χ4n) is 3.36. The molecule has 0 aliphatic carbocycles. The maximum atomic E-state index is 13.7. The van der Waals surface area contributed by atoms with Gasteiger partial charge in [0.15, 0.2) is 6.29 Å². The molecule has 144 valence electrons.